The molecule has 0 bridgehead atoms. The number of carbonyl (C=O) groups is 1. The Balaban J connectivity index is 1.67. The second kappa shape index (κ2) is 13.6. The summed E-state index contributed by atoms with van der Waals surface area (Å²) in [5.41, 5.74) is 1.09. The summed E-state index contributed by atoms with van der Waals surface area (Å²) in [5, 5.41) is 12.4. The van der Waals surface area contributed by atoms with Crippen molar-refractivity contribution >= 4 is 17.2 Å². The zero-order valence-corrected chi connectivity index (χ0v) is 20.3. The molecule has 2 atom stereocenters. The molecule has 1 aromatic carbocycles. The van der Waals surface area contributed by atoms with Crippen molar-refractivity contribution in [3.8, 4) is 5.75 Å². The summed E-state index contributed by atoms with van der Waals surface area (Å²) in [5.74, 6) is 0.190. The zero-order chi connectivity index (χ0) is 24.3. The third-order valence-corrected chi connectivity index (χ3v) is 6.62. The van der Waals surface area contributed by atoms with Crippen molar-refractivity contribution in [2.75, 3.05) is 59.7 Å². The van der Waals surface area contributed by atoms with Gasteiger partial charge in [-0.3, -0.25) is 9.69 Å². The summed E-state index contributed by atoms with van der Waals surface area (Å²) in [4.78, 5) is 18.4. The zero-order valence-electron chi connectivity index (χ0n) is 19.5. The Morgan fingerprint density at radius 1 is 1.38 bits per heavy atom. The molecule has 1 aliphatic heterocycles. The first-order valence-corrected chi connectivity index (χ1v) is 12.2. The van der Waals surface area contributed by atoms with Gasteiger partial charge in [-0.15, -0.1) is 17.9 Å². The molecule has 2 heterocycles. The number of amides is 1. The quantitative estimate of drug-likeness (QED) is 0.323. The first-order chi connectivity index (χ1) is 16.5. The summed E-state index contributed by atoms with van der Waals surface area (Å²) in [6.07, 6.45) is 1.69. The van der Waals surface area contributed by atoms with Crippen LogP contribution in [-0.4, -0.2) is 86.6 Å². The van der Waals surface area contributed by atoms with E-state index in [1.165, 1.54) is 17.0 Å². The molecule has 2 aromatic rings. The summed E-state index contributed by atoms with van der Waals surface area (Å²) in [6, 6.07) is 7.68. The van der Waals surface area contributed by atoms with Gasteiger partial charge in [0.2, 0.25) is 5.91 Å². The van der Waals surface area contributed by atoms with Crippen LogP contribution >= 0.6 is 11.3 Å². The van der Waals surface area contributed by atoms with Crippen molar-refractivity contribution in [3.63, 3.8) is 0 Å². The molecule has 186 valence electrons. The van der Waals surface area contributed by atoms with Crippen molar-refractivity contribution in [1.82, 2.24) is 9.80 Å². The maximum absolute atomic E-state index is 13.4. The number of ether oxygens (including phenoxy) is 3. The van der Waals surface area contributed by atoms with Crippen LogP contribution in [0.4, 0.5) is 4.39 Å². The van der Waals surface area contributed by atoms with E-state index in [9.17, 15) is 14.3 Å². The molecular weight excluding hydrogens is 459 g/mol. The van der Waals surface area contributed by atoms with Crippen LogP contribution < -0.4 is 4.74 Å². The molecule has 0 fully saturated rings. The molecule has 0 spiro atoms. The minimum Gasteiger partial charge on any atom is -0.491 e. The number of aliphatic hydroxyl groups excluding tert-OH is 1. The molecule has 34 heavy (non-hydrogen) atoms. The predicted molar refractivity (Wildman–Crippen MR) is 130 cm³/mol. The highest BCUT2D eigenvalue weighted by Gasteiger charge is 2.33. The van der Waals surface area contributed by atoms with Crippen LogP contribution in [0.25, 0.3) is 0 Å². The van der Waals surface area contributed by atoms with E-state index < -0.39 is 6.10 Å². The van der Waals surface area contributed by atoms with E-state index in [1.807, 2.05) is 21.2 Å². The summed E-state index contributed by atoms with van der Waals surface area (Å²) in [6.45, 7) is 6.38. The van der Waals surface area contributed by atoms with Gasteiger partial charge in [-0.05, 0) is 47.7 Å². The second-order valence-electron chi connectivity index (χ2n) is 8.12. The van der Waals surface area contributed by atoms with Gasteiger partial charge in [0, 0.05) is 31.6 Å². The van der Waals surface area contributed by atoms with Crippen LogP contribution in [0.1, 0.15) is 16.5 Å². The SMILES string of the molecule is C=CCOC[C@H](O)CN(CCOC)CC(=O)N1CCc2sccc2[C@@H]1COc1ccc(F)cc1. The van der Waals surface area contributed by atoms with Gasteiger partial charge in [0.05, 0.1) is 38.5 Å². The Bertz CT molecular complexity index is 907. The lowest BCUT2D eigenvalue weighted by molar-refractivity contribution is -0.136. The number of halogens is 1. The molecule has 3 rings (SSSR count). The molecule has 1 N–H and O–H groups in total. The first-order valence-electron chi connectivity index (χ1n) is 11.3. The number of carbonyl (C=O) groups excluding carboxylic acids is 1. The molecule has 0 unspecified atom stereocenters. The molecular formula is C25H33FN2O5S. The minimum absolute atomic E-state index is 0.0418. The van der Waals surface area contributed by atoms with E-state index in [0.29, 0.717) is 38.6 Å². The van der Waals surface area contributed by atoms with E-state index in [1.54, 1.807) is 36.7 Å². The summed E-state index contributed by atoms with van der Waals surface area (Å²) >= 11 is 1.69. The third kappa shape index (κ3) is 7.61. The number of hydrogen-bond acceptors (Lipinski definition) is 7. The minimum atomic E-state index is -0.730. The van der Waals surface area contributed by atoms with E-state index in [0.717, 1.165) is 12.0 Å². The Morgan fingerprint density at radius 3 is 2.91 bits per heavy atom. The fourth-order valence-electron chi connectivity index (χ4n) is 3.96. The van der Waals surface area contributed by atoms with Crippen molar-refractivity contribution < 1.29 is 28.5 Å². The average Bonchev–Trinajstić information content (AvgIpc) is 3.31. The van der Waals surface area contributed by atoms with Crippen LogP contribution in [0.15, 0.2) is 48.4 Å². The second-order valence-corrected chi connectivity index (χ2v) is 9.13. The molecule has 0 radical (unpaired) electrons. The van der Waals surface area contributed by atoms with Gasteiger partial charge in [-0.25, -0.2) is 4.39 Å². The molecule has 1 aromatic heterocycles. The monoisotopic (exact) mass is 492 g/mol. The van der Waals surface area contributed by atoms with Gasteiger partial charge in [0.1, 0.15) is 18.2 Å². The van der Waals surface area contributed by atoms with Crippen LogP contribution in [0.2, 0.25) is 0 Å². The Labute approximate surface area is 204 Å². The van der Waals surface area contributed by atoms with Crippen LogP contribution in [0.5, 0.6) is 5.75 Å². The van der Waals surface area contributed by atoms with Crippen molar-refractivity contribution in [2.24, 2.45) is 0 Å². The highest BCUT2D eigenvalue weighted by atomic mass is 32.1. The van der Waals surface area contributed by atoms with E-state index in [-0.39, 0.29) is 37.5 Å². The van der Waals surface area contributed by atoms with Crippen LogP contribution in [0, 0.1) is 5.82 Å². The number of rotatable bonds is 14. The molecule has 0 aliphatic carbocycles. The van der Waals surface area contributed by atoms with Gasteiger partial charge in [0.25, 0.3) is 0 Å². The number of fused-ring (bicyclic) bond motifs is 1. The third-order valence-electron chi connectivity index (χ3n) is 5.62. The lowest BCUT2D eigenvalue weighted by Gasteiger charge is -2.37. The molecule has 7 nitrogen and oxygen atoms in total. The molecule has 1 aliphatic rings. The molecule has 9 heteroatoms. The van der Waals surface area contributed by atoms with Crippen molar-refractivity contribution in [1.29, 1.82) is 0 Å². The van der Waals surface area contributed by atoms with Crippen molar-refractivity contribution in [2.45, 2.75) is 18.6 Å². The van der Waals surface area contributed by atoms with Crippen LogP contribution in [0.3, 0.4) is 0 Å². The standard InChI is InChI=1S/C25H33FN2O5S/c1-3-12-32-17-20(29)15-27(11-13-31-2)16-25(30)28-10-8-24-22(9-14-34-24)23(28)18-33-21-6-4-19(26)5-7-21/h3-7,9,14,20,23,29H,1,8,10-13,15-18H2,2H3/t20-,23+/m1/s1. The summed E-state index contributed by atoms with van der Waals surface area (Å²) in [7, 11) is 1.61. The highest BCUT2D eigenvalue weighted by molar-refractivity contribution is 7.10. The maximum Gasteiger partial charge on any atom is 0.237 e. The molecule has 0 saturated heterocycles. The number of hydrogen-bond donors (Lipinski definition) is 1. The van der Waals surface area contributed by atoms with Gasteiger partial charge < -0.3 is 24.2 Å². The fraction of sp³-hybridized carbons (Fsp3) is 0.480. The number of nitrogens with zero attached hydrogens (tertiary/aromatic N) is 2. The highest BCUT2D eigenvalue weighted by Crippen LogP contribution is 2.34. The van der Waals surface area contributed by atoms with Gasteiger partial charge in [0.15, 0.2) is 0 Å². The summed E-state index contributed by atoms with van der Waals surface area (Å²) < 4.78 is 29.7. The largest absolute Gasteiger partial charge is 0.491 e. The molecule has 1 amide bonds. The number of benzene rings is 1. The predicted octanol–water partition coefficient (Wildman–Crippen LogP) is 2.90. The lowest BCUT2D eigenvalue weighted by atomic mass is 10.0. The number of aliphatic hydroxyl groups is 1. The Kier molecular flexibility index (Phi) is 10.5. The fourth-order valence-corrected chi connectivity index (χ4v) is 4.88. The number of thiophene rings is 1. The smallest absolute Gasteiger partial charge is 0.237 e. The van der Waals surface area contributed by atoms with Crippen LogP contribution in [-0.2, 0) is 20.7 Å². The molecule has 0 saturated carbocycles. The van der Waals surface area contributed by atoms with E-state index in [2.05, 4.69) is 6.58 Å². The Morgan fingerprint density at radius 2 is 2.18 bits per heavy atom. The lowest BCUT2D eigenvalue weighted by Crippen LogP contribution is -2.48. The Hall–Kier alpha value is -2.30. The van der Waals surface area contributed by atoms with Gasteiger partial charge in [-0.1, -0.05) is 6.08 Å². The van der Waals surface area contributed by atoms with E-state index in [4.69, 9.17) is 14.2 Å². The van der Waals surface area contributed by atoms with Gasteiger partial charge >= 0.3 is 0 Å². The topological polar surface area (TPSA) is 71.5 Å². The van der Waals surface area contributed by atoms with Gasteiger partial charge in [-0.2, -0.15) is 0 Å². The maximum atomic E-state index is 13.4. The van der Waals surface area contributed by atoms with Crippen molar-refractivity contribution in [3.05, 3.63) is 64.6 Å². The first kappa shape index (κ1) is 26.3. The number of methoxy groups -OCH3 is 1. The van der Waals surface area contributed by atoms with E-state index >= 15 is 0 Å². The average molecular weight is 493 g/mol. The normalized spacial score (nSPS) is 16.4.